The summed E-state index contributed by atoms with van der Waals surface area (Å²) in [6.07, 6.45) is 15.8. The third-order valence-electron chi connectivity index (χ3n) is 12.3. The molecule has 4 saturated carbocycles. The van der Waals surface area contributed by atoms with Crippen molar-refractivity contribution in [1.29, 1.82) is 0 Å². The first kappa shape index (κ1) is 30.2. The molecule has 1 amide bonds. The summed E-state index contributed by atoms with van der Waals surface area (Å²) >= 11 is 0. The molecular weight excluding hydrogens is 472 g/mol. The van der Waals surface area contributed by atoms with Crippen LogP contribution in [-0.4, -0.2) is 55.5 Å². The number of carbonyl (C=O) groups excluding carboxylic acids is 1. The quantitative estimate of drug-likeness (QED) is 0.297. The number of nitrogens with one attached hydrogen (secondary N) is 1. The number of likely N-dealkylation sites (N-methyl/N-ethyl adjacent to an activating group) is 1. The number of amides is 1. The van der Waals surface area contributed by atoms with E-state index in [0.29, 0.717) is 29.8 Å². The number of rotatable bonds is 11. The Balaban J connectivity index is 1.30. The number of fused-ring (bicyclic) bond motifs is 5. The van der Waals surface area contributed by atoms with Gasteiger partial charge in [-0.1, -0.05) is 53.9 Å². The van der Waals surface area contributed by atoms with Gasteiger partial charge in [-0.3, -0.25) is 0 Å². The number of nitrogens with zero attached hydrogens (tertiary/aromatic N) is 1. The van der Waals surface area contributed by atoms with Gasteiger partial charge in [-0.05, 0) is 117 Å². The standard InChI is InChI=1S/C33H60N2O3/c1-23(2)8-7-9-24(3)28-12-13-29-27-11-10-25-22-26(38-31(37)34-18-19-35(6)20-21-36)14-16-32(25,4)30(27)15-17-33(28,29)5/h23-30,36H,7-22H2,1-6H3,(H,34,37)/t24-,25?,26?,27?,28?,29?,30?,32?,33?/m1/s1. The van der Waals surface area contributed by atoms with Crippen LogP contribution >= 0.6 is 0 Å². The van der Waals surface area contributed by atoms with E-state index in [1.165, 1.54) is 64.2 Å². The summed E-state index contributed by atoms with van der Waals surface area (Å²) in [7, 11) is 1.95. The zero-order chi connectivity index (χ0) is 27.5. The van der Waals surface area contributed by atoms with Gasteiger partial charge in [-0.15, -0.1) is 0 Å². The van der Waals surface area contributed by atoms with E-state index in [9.17, 15) is 4.79 Å². The molecule has 0 spiro atoms. The topological polar surface area (TPSA) is 61.8 Å². The highest BCUT2D eigenvalue weighted by molar-refractivity contribution is 5.67. The van der Waals surface area contributed by atoms with Crippen LogP contribution in [0.2, 0.25) is 0 Å². The van der Waals surface area contributed by atoms with E-state index in [0.717, 1.165) is 54.9 Å². The van der Waals surface area contributed by atoms with Gasteiger partial charge in [0.1, 0.15) is 6.10 Å². The van der Waals surface area contributed by atoms with E-state index in [1.807, 2.05) is 11.9 Å². The van der Waals surface area contributed by atoms with Crippen LogP contribution in [0.3, 0.4) is 0 Å². The Morgan fingerprint density at radius 3 is 2.45 bits per heavy atom. The van der Waals surface area contributed by atoms with E-state index >= 15 is 0 Å². The molecule has 0 aromatic heterocycles. The molecule has 4 aliphatic rings. The molecule has 38 heavy (non-hydrogen) atoms. The molecule has 0 aromatic carbocycles. The second-order valence-electron chi connectivity index (χ2n) is 14.9. The third-order valence-corrected chi connectivity index (χ3v) is 12.3. The summed E-state index contributed by atoms with van der Waals surface area (Å²) in [6, 6.07) is 0. The number of ether oxygens (including phenoxy) is 1. The van der Waals surface area contributed by atoms with Crippen LogP contribution in [-0.2, 0) is 4.74 Å². The smallest absolute Gasteiger partial charge is 0.407 e. The molecular formula is C33H60N2O3. The van der Waals surface area contributed by atoms with Crippen LogP contribution in [0.25, 0.3) is 0 Å². The predicted molar refractivity (Wildman–Crippen MR) is 156 cm³/mol. The van der Waals surface area contributed by atoms with Gasteiger partial charge in [0.25, 0.3) is 0 Å². The SMILES string of the molecule is CC(C)CCC[C@@H](C)C1CCC2C3CCC4CC(OC(=O)NCCN(C)CCO)CCC4(C)C3CCC21C. The Morgan fingerprint density at radius 2 is 1.71 bits per heavy atom. The van der Waals surface area contributed by atoms with Crippen molar-refractivity contribution >= 4 is 6.09 Å². The van der Waals surface area contributed by atoms with E-state index in [1.54, 1.807) is 0 Å². The predicted octanol–water partition coefficient (Wildman–Crippen LogP) is 7.13. The van der Waals surface area contributed by atoms with Gasteiger partial charge in [0.15, 0.2) is 0 Å². The Hall–Kier alpha value is -0.810. The van der Waals surface area contributed by atoms with Crippen LogP contribution in [0.4, 0.5) is 4.79 Å². The lowest BCUT2D eigenvalue weighted by Crippen LogP contribution is -2.54. The largest absolute Gasteiger partial charge is 0.446 e. The molecule has 2 N–H and O–H groups in total. The molecule has 5 heteroatoms. The number of carbonyl (C=O) groups is 1. The lowest BCUT2D eigenvalue weighted by molar-refractivity contribution is -0.129. The van der Waals surface area contributed by atoms with Crippen LogP contribution < -0.4 is 5.32 Å². The minimum absolute atomic E-state index is 0.0659. The van der Waals surface area contributed by atoms with Gasteiger partial charge < -0.3 is 20.1 Å². The van der Waals surface area contributed by atoms with E-state index in [2.05, 4.69) is 39.9 Å². The first-order valence-electron chi connectivity index (χ1n) is 16.3. The monoisotopic (exact) mass is 532 g/mol. The minimum Gasteiger partial charge on any atom is -0.446 e. The third kappa shape index (κ3) is 6.40. The average molecular weight is 533 g/mol. The van der Waals surface area contributed by atoms with Gasteiger partial charge in [0, 0.05) is 19.6 Å². The molecule has 0 aliphatic heterocycles. The van der Waals surface area contributed by atoms with Gasteiger partial charge >= 0.3 is 6.09 Å². The van der Waals surface area contributed by atoms with Crippen molar-refractivity contribution in [1.82, 2.24) is 10.2 Å². The molecule has 5 nitrogen and oxygen atoms in total. The maximum absolute atomic E-state index is 12.5. The number of aliphatic hydroxyl groups excluding tert-OH is 1. The fraction of sp³-hybridized carbons (Fsp3) is 0.970. The maximum Gasteiger partial charge on any atom is 0.407 e. The second-order valence-corrected chi connectivity index (χ2v) is 14.9. The number of aliphatic hydroxyl groups is 1. The average Bonchev–Trinajstić information content (AvgIpc) is 3.21. The summed E-state index contributed by atoms with van der Waals surface area (Å²) in [4.78, 5) is 14.5. The number of alkyl carbamates (subject to hydrolysis) is 1. The highest BCUT2D eigenvalue weighted by Crippen LogP contribution is 2.68. The van der Waals surface area contributed by atoms with Gasteiger partial charge in [0.05, 0.1) is 6.61 Å². The molecule has 0 radical (unpaired) electrons. The number of hydrogen-bond donors (Lipinski definition) is 2. The minimum atomic E-state index is -0.266. The highest BCUT2D eigenvalue weighted by atomic mass is 16.6. The lowest BCUT2D eigenvalue weighted by Gasteiger charge is -2.61. The maximum atomic E-state index is 12.5. The van der Waals surface area contributed by atoms with Crippen molar-refractivity contribution in [3.63, 3.8) is 0 Å². The van der Waals surface area contributed by atoms with E-state index < -0.39 is 0 Å². The fourth-order valence-electron chi connectivity index (χ4n) is 10.2. The van der Waals surface area contributed by atoms with Crippen LogP contribution in [0.1, 0.15) is 112 Å². The molecule has 9 atom stereocenters. The van der Waals surface area contributed by atoms with Crippen molar-refractivity contribution in [3.8, 4) is 0 Å². The first-order valence-corrected chi connectivity index (χ1v) is 16.3. The fourth-order valence-corrected chi connectivity index (χ4v) is 10.2. The zero-order valence-corrected chi connectivity index (χ0v) is 25.6. The molecule has 4 fully saturated rings. The summed E-state index contributed by atoms with van der Waals surface area (Å²) in [5, 5.41) is 12.0. The van der Waals surface area contributed by atoms with Crippen molar-refractivity contribution in [2.24, 2.45) is 52.3 Å². The zero-order valence-electron chi connectivity index (χ0n) is 25.6. The van der Waals surface area contributed by atoms with Gasteiger partial charge in [-0.25, -0.2) is 4.79 Å². The normalized spacial score (nSPS) is 39.4. The van der Waals surface area contributed by atoms with Crippen molar-refractivity contribution in [2.75, 3.05) is 33.3 Å². The molecule has 8 unspecified atom stereocenters. The molecule has 0 bridgehead atoms. The second kappa shape index (κ2) is 12.8. The summed E-state index contributed by atoms with van der Waals surface area (Å²) in [6.45, 7) is 14.7. The Morgan fingerprint density at radius 1 is 0.974 bits per heavy atom. The van der Waals surface area contributed by atoms with E-state index in [4.69, 9.17) is 9.84 Å². The van der Waals surface area contributed by atoms with Crippen molar-refractivity contribution in [2.45, 2.75) is 118 Å². The highest BCUT2D eigenvalue weighted by Gasteiger charge is 2.60. The van der Waals surface area contributed by atoms with Crippen LogP contribution in [0.5, 0.6) is 0 Å². The lowest BCUT2D eigenvalue weighted by atomic mass is 9.44. The Bertz CT molecular complexity index is 773. The first-order chi connectivity index (χ1) is 18.1. The molecule has 0 aromatic rings. The number of hydrogen-bond acceptors (Lipinski definition) is 4. The Kier molecular flexibility index (Phi) is 10.2. The Labute approximate surface area is 234 Å². The van der Waals surface area contributed by atoms with Gasteiger partial charge in [-0.2, -0.15) is 0 Å². The molecule has 0 heterocycles. The summed E-state index contributed by atoms with van der Waals surface area (Å²) < 4.78 is 5.92. The molecule has 4 rings (SSSR count). The summed E-state index contributed by atoms with van der Waals surface area (Å²) in [5.41, 5.74) is 0.986. The van der Waals surface area contributed by atoms with Crippen molar-refractivity contribution in [3.05, 3.63) is 0 Å². The molecule has 0 saturated heterocycles. The van der Waals surface area contributed by atoms with E-state index in [-0.39, 0.29) is 18.8 Å². The molecule has 4 aliphatic carbocycles. The summed E-state index contributed by atoms with van der Waals surface area (Å²) in [5.74, 6) is 6.05. The van der Waals surface area contributed by atoms with Crippen LogP contribution in [0.15, 0.2) is 0 Å². The molecule has 220 valence electrons. The van der Waals surface area contributed by atoms with Gasteiger partial charge in [0.2, 0.25) is 0 Å². The van der Waals surface area contributed by atoms with Crippen molar-refractivity contribution < 1.29 is 14.6 Å². The van der Waals surface area contributed by atoms with Crippen LogP contribution in [0, 0.1) is 52.3 Å².